The van der Waals surface area contributed by atoms with Crippen molar-refractivity contribution in [2.45, 2.75) is 18.5 Å². The van der Waals surface area contributed by atoms with Crippen LogP contribution in [0.2, 0.25) is 0 Å². The van der Waals surface area contributed by atoms with Crippen LogP contribution in [0, 0.1) is 6.92 Å². The minimum absolute atomic E-state index is 0.628. The molecule has 0 saturated heterocycles. The number of benzene rings is 1. The Morgan fingerprint density at radius 1 is 1.19 bits per heavy atom. The van der Waals surface area contributed by atoms with Crippen molar-refractivity contribution >= 4 is 11.8 Å². The minimum atomic E-state index is 0.628. The molecule has 0 atom stereocenters. The molecule has 0 aliphatic rings. The Labute approximate surface area is 127 Å². The Hall–Kier alpha value is -2.21. The van der Waals surface area contributed by atoms with Crippen molar-refractivity contribution in [3.63, 3.8) is 0 Å². The van der Waals surface area contributed by atoms with Crippen LogP contribution >= 0.6 is 11.8 Å². The Morgan fingerprint density at radius 3 is 2.71 bits per heavy atom. The normalized spacial score (nSPS) is 10.9. The van der Waals surface area contributed by atoms with Crippen LogP contribution < -0.4 is 5.84 Å². The van der Waals surface area contributed by atoms with Crippen LogP contribution in [-0.4, -0.2) is 20.6 Å². The maximum atomic E-state index is 6.07. The lowest BCUT2D eigenvalue weighted by Crippen LogP contribution is -2.11. The van der Waals surface area contributed by atoms with Crippen molar-refractivity contribution in [1.82, 2.24) is 14.9 Å². The Balaban J connectivity index is 1.67. The number of hydrogen-bond acceptors (Lipinski definition) is 5. The van der Waals surface area contributed by atoms with Crippen LogP contribution in [0.1, 0.15) is 11.3 Å². The van der Waals surface area contributed by atoms with Gasteiger partial charge in [-0.25, -0.2) is 4.68 Å². The summed E-state index contributed by atoms with van der Waals surface area (Å²) < 4.78 is 6.80. The van der Waals surface area contributed by atoms with Crippen LogP contribution in [-0.2, 0) is 6.42 Å². The highest BCUT2D eigenvalue weighted by Gasteiger charge is 2.15. The molecule has 3 aromatic rings. The van der Waals surface area contributed by atoms with Gasteiger partial charge in [-0.05, 0) is 25.0 Å². The number of nitrogen functional groups attached to an aromatic ring is 1. The summed E-state index contributed by atoms with van der Waals surface area (Å²) >= 11 is 1.60. The molecule has 0 unspecified atom stereocenters. The number of thioether (sulfide) groups is 1. The molecular formula is C15H16N4OS. The van der Waals surface area contributed by atoms with Gasteiger partial charge in [-0.15, -0.1) is 10.2 Å². The molecule has 0 radical (unpaired) electrons. The number of furan rings is 1. The van der Waals surface area contributed by atoms with Gasteiger partial charge in [-0.3, -0.25) is 0 Å². The number of hydrogen-bond donors (Lipinski definition) is 1. The van der Waals surface area contributed by atoms with E-state index in [2.05, 4.69) is 22.3 Å². The van der Waals surface area contributed by atoms with Gasteiger partial charge in [0.25, 0.3) is 0 Å². The smallest absolute Gasteiger partial charge is 0.210 e. The Bertz CT molecular complexity index is 720. The van der Waals surface area contributed by atoms with Crippen LogP contribution in [0.3, 0.4) is 0 Å². The number of aryl methyl sites for hydroxylation is 2. The zero-order chi connectivity index (χ0) is 14.7. The van der Waals surface area contributed by atoms with E-state index in [4.69, 9.17) is 10.3 Å². The average Bonchev–Trinajstić information content (AvgIpc) is 3.07. The van der Waals surface area contributed by atoms with E-state index in [1.807, 2.05) is 31.2 Å². The molecule has 6 heteroatoms. The van der Waals surface area contributed by atoms with E-state index in [1.54, 1.807) is 18.0 Å². The van der Waals surface area contributed by atoms with Gasteiger partial charge in [0.2, 0.25) is 5.16 Å². The van der Waals surface area contributed by atoms with Crippen molar-refractivity contribution in [2.24, 2.45) is 0 Å². The summed E-state index contributed by atoms with van der Waals surface area (Å²) in [5, 5.41) is 9.01. The minimum Gasteiger partial charge on any atom is -0.469 e. The molecule has 2 heterocycles. The third kappa shape index (κ3) is 2.95. The fourth-order valence-corrected chi connectivity index (χ4v) is 2.93. The van der Waals surface area contributed by atoms with Gasteiger partial charge in [0.05, 0.1) is 11.8 Å². The highest BCUT2D eigenvalue weighted by atomic mass is 32.2. The lowest BCUT2D eigenvalue weighted by atomic mass is 10.2. The second kappa shape index (κ2) is 6.05. The topological polar surface area (TPSA) is 69.9 Å². The first-order valence-electron chi connectivity index (χ1n) is 6.67. The van der Waals surface area contributed by atoms with E-state index in [9.17, 15) is 0 Å². The highest BCUT2D eigenvalue weighted by Crippen LogP contribution is 2.25. The zero-order valence-corrected chi connectivity index (χ0v) is 12.5. The van der Waals surface area contributed by atoms with E-state index in [0.717, 1.165) is 23.5 Å². The molecule has 2 N–H and O–H groups in total. The molecule has 0 aliphatic carbocycles. The number of nitrogens with zero attached hydrogens (tertiary/aromatic N) is 3. The van der Waals surface area contributed by atoms with Gasteiger partial charge >= 0.3 is 0 Å². The second-order valence-corrected chi connectivity index (χ2v) is 5.71. The lowest BCUT2D eigenvalue weighted by molar-refractivity contribution is 0.535. The molecule has 2 aromatic heterocycles. The quantitative estimate of drug-likeness (QED) is 0.579. The van der Waals surface area contributed by atoms with E-state index in [-0.39, 0.29) is 0 Å². The highest BCUT2D eigenvalue weighted by molar-refractivity contribution is 7.99. The molecular weight excluding hydrogens is 284 g/mol. The molecule has 0 saturated carbocycles. The molecule has 5 nitrogen and oxygen atoms in total. The lowest BCUT2D eigenvalue weighted by Gasteiger charge is -2.03. The van der Waals surface area contributed by atoms with Gasteiger partial charge in [-0.2, -0.15) is 0 Å². The molecule has 1 aromatic carbocycles. The van der Waals surface area contributed by atoms with Gasteiger partial charge in [0.1, 0.15) is 5.76 Å². The summed E-state index contributed by atoms with van der Waals surface area (Å²) in [5.74, 6) is 8.39. The summed E-state index contributed by atoms with van der Waals surface area (Å²) in [6, 6.07) is 12.2. The summed E-state index contributed by atoms with van der Waals surface area (Å²) in [6.07, 6.45) is 2.60. The van der Waals surface area contributed by atoms with Crippen molar-refractivity contribution < 1.29 is 4.42 Å². The third-order valence-electron chi connectivity index (χ3n) is 3.23. The summed E-state index contributed by atoms with van der Waals surface area (Å²) in [6.45, 7) is 1.88. The van der Waals surface area contributed by atoms with Crippen molar-refractivity contribution in [3.8, 4) is 11.4 Å². The maximum Gasteiger partial charge on any atom is 0.210 e. The van der Waals surface area contributed by atoms with Crippen molar-refractivity contribution in [2.75, 3.05) is 11.6 Å². The number of rotatable bonds is 5. The molecule has 0 spiro atoms. The summed E-state index contributed by atoms with van der Waals surface area (Å²) in [7, 11) is 0. The standard InChI is InChI=1S/C15H16N4OS/c1-11-13(7-9-20-11)14-17-18-15(19(14)16)21-10-8-12-5-3-2-4-6-12/h2-7,9H,8,10,16H2,1H3. The first kappa shape index (κ1) is 13.8. The fraction of sp³-hybridized carbons (Fsp3) is 0.200. The van der Waals surface area contributed by atoms with E-state index in [1.165, 1.54) is 10.2 Å². The van der Waals surface area contributed by atoms with E-state index >= 15 is 0 Å². The Morgan fingerprint density at radius 2 is 2.00 bits per heavy atom. The predicted molar refractivity (Wildman–Crippen MR) is 83.5 cm³/mol. The maximum absolute atomic E-state index is 6.07. The van der Waals surface area contributed by atoms with Crippen LogP contribution in [0.5, 0.6) is 0 Å². The molecule has 108 valence electrons. The SMILES string of the molecule is Cc1occc1-c1nnc(SCCc2ccccc2)n1N. The number of aromatic nitrogens is 3. The molecule has 0 fully saturated rings. The second-order valence-electron chi connectivity index (χ2n) is 4.65. The van der Waals surface area contributed by atoms with Gasteiger partial charge < -0.3 is 10.3 Å². The summed E-state index contributed by atoms with van der Waals surface area (Å²) in [4.78, 5) is 0. The van der Waals surface area contributed by atoms with Crippen LogP contribution in [0.15, 0.2) is 52.2 Å². The number of nitrogens with two attached hydrogens (primary N) is 1. The first-order chi connectivity index (χ1) is 10.3. The third-order valence-corrected chi connectivity index (χ3v) is 4.17. The Kier molecular flexibility index (Phi) is 3.96. The first-order valence-corrected chi connectivity index (χ1v) is 7.66. The molecule has 3 rings (SSSR count). The van der Waals surface area contributed by atoms with Crippen LogP contribution in [0.25, 0.3) is 11.4 Å². The van der Waals surface area contributed by atoms with Gasteiger partial charge in [-0.1, -0.05) is 42.1 Å². The van der Waals surface area contributed by atoms with Gasteiger partial charge in [0, 0.05) is 5.75 Å². The largest absolute Gasteiger partial charge is 0.469 e. The van der Waals surface area contributed by atoms with Gasteiger partial charge in [0.15, 0.2) is 5.82 Å². The predicted octanol–water partition coefficient (Wildman–Crippen LogP) is 2.90. The molecule has 21 heavy (non-hydrogen) atoms. The van der Waals surface area contributed by atoms with Crippen molar-refractivity contribution in [1.29, 1.82) is 0 Å². The van der Waals surface area contributed by atoms with E-state index in [0.29, 0.717) is 11.0 Å². The van der Waals surface area contributed by atoms with Crippen LogP contribution in [0.4, 0.5) is 0 Å². The monoisotopic (exact) mass is 300 g/mol. The summed E-state index contributed by atoms with van der Waals surface area (Å²) in [5.41, 5.74) is 2.18. The van der Waals surface area contributed by atoms with E-state index < -0.39 is 0 Å². The fourth-order valence-electron chi connectivity index (χ4n) is 2.08. The zero-order valence-electron chi connectivity index (χ0n) is 11.7. The molecule has 0 aliphatic heterocycles. The molecule has 0 amide bonds. The molecule has 0 bridgehead atoms. The average molecular weight is 300 g/mol. The van der Waals surface area contributed by atoms with Crippen molar-refractivity contribution in [3.05, 3.63) is 54.0 Å².